The van der Waals surface area contributed by atoms with Crippen LogP contribution in [0.25, 0.3) is 0 Å². The molecule has 0 spiro atoms. The van der Waals surface area contributed by atoms with Crippen molar-refractivity contribution in [3.05, 3.63) is 12.7 Å². The van der Waals surface area contributed by atoms with E-state index in [1.165, 1.54) is 11.8 Å². The highest BCUT2D eigenvalue weighted by atomic mass is 32.2. The minimum Gasteiger partial charge on any atom is -0.481 e. The second-order valence-corrected chi connectivity index (χ2v) is 5.80. The first kappa shape index (κ1) is 17.7. The Kier molecular flexibility index (Phi) is 5.94. The van der Waals surface area contributed by atoms with E-state index >= 15 is 0 Å². The number of likely N-dealkylation sites (tertiary alicyclic amines) is 1. The van der Waals surface area contributed by atoms with Gasteiger partial charge >= 0.3 is 18.2 Å². The van der Waals surface area contributed by atoms with Crippen molar-refractivity contribution in [2.24, 2.45) is 5.41 Å². The predicted molar refractivity (Wildman–Crippen MR) is 73.2 cm³/mol. The number of halogens is 3. The quantitative estimate of drug-likeness (QED) is 0.578. The van der Waals surface area contributed by atoms with Crippen molar-refractivity contribution in [2.75, 3.05) is 31.1 Å². The molecule has 1 aliphatic heterocycles. The average molecular weight is 326 g/mol. The monoisotopic (exact) mass is 326 g/mol. The van der Waals surface area contributed by atoms with Gasteiger partial charge in [0.15, 0.2) is 5.41 Å². The predicted octanol–water partition coefficient (Wildman–Crippen LogP) is 1.95. The maximum absolute atomic E-state index is 12.9. The van der Waals surface area contributed by atoms with Crippen LogP contribution in [0.5, 0.6) is 0 Å². The molecule has 0 radical (unpaired) electrons. The van der Waals surface area contributed by atoms with Crippen LogP contribution >= 0.6 is 11.8 Å². The van der Waals surface area contributed by atoms with Crippen LogP contribution in [0.4, 0.5) is 18.0 Å². The molecule has 9 heteroatoms. The molecule has 2 N–H and O–H groups in total. The van der Waals surface area contributed by atoms with Gasteiger partial charge in [0.05, 0.1) is 0 Å². The zero-order valence-electron chi connectivity index (χ0n) is 11.3. The Hall–Kier alpha value is -1.38. The number of carbonyl (C=O) groups excluding carboxylic acids is 1. The van der Waals surface area contributed by atoms with Crippen LogP contribution in [0, 0.1) is 5.41 Å². The van der Waals surface area contributed by atoms with Gasteiger partial charge in [-0.25, -0.2) is 4.79 Å². The van der Waals surface area contributed by atoms with Gasteiger partial charge in [-0.05, 0) is 6.42 Å². The Morgan fingerprint density at radius 2 is 2.14 bits per heavy atom. The van der Waals surface area contributed by atoms with Crippen molar-refractivity contribution >= 4 is 23.8 Å². The number of carboxylic acid groups (broad SMARTS) is 1. The van der Waals surface area contributed by atoms with Gasteiger partial charge in [0.1, 0.15) is 0 Å². The number of thioether (sulfide) groups is 1. The van der Waals surface area contributed by atoms with Crippen molar-refractivity contribution in [3.8, 4) is 0 Å². The van der Waals surface area contributed by atoms with E-state index in [2.05, 4.69) is 11.9 Å². The van der Waals surface area contributed by atoms with Crippen molar-refractivity contribution in [1.82, 2.24) is 10.2 Å². The Bertz CT molecular complexity index is 417. The first-order valence-corrected chi connectivity index (χ1v) is 7.41. The first-order valence-electron chi connectivity index (χ1n) is 6.26. The molecule has 1 unspecified atom stereocenters. The molecule has 0 saturated carbocycles. The Morgan fingerprint density at radius 3 is 2.62 bits per heavy atom. The van der Waals surface area contributed by atoms with Gasteiger partial charge in [-0.3, -0.25) is 4.79 Å². The van der Waals surface area contributed by atoms with Crippen LogP contribution in [0.1, 0.15) is 6.42 Å². The summed E-state index contributed by atoms with van der Waals surface area (Å²) in [5, 5.41) is 11.4. The lowest BCUT2D eigenvalue weighted by Gasteiger charge is -2.27. The second-order valence-electron chi connectivity index (χ2n) is 4.65. The van der Waals surface area contributed by atoms with E-state index in [4.69, 9.17) is 5.11 Å². The Balaban J connectivity index is 2.54. The van der Waals surface area contributed by atoms with Gasteiger partial charge in [-0.15, -0.1) is 6.58 Å². The van der Waals surface area contributed by atoms with Gasteiger partial charge in [0.2, 0.25) is 0 Å². The summed E-state index contributed by atoms with van der Waals surface area (Å²) < 4.78 is 38.8. The highest BCUT2D eigenvalue weighted by Crippen LogP contribution is 2.45. The number of carboxylic acids is 1. The SMILES string of the molecule is C=CCSCCNC(=O)N1CCC(C(=O)O)(C(F)(F)F)C1. The maximum Gasteiger partial charge on any atom is 0.406 e. The average Bonchev–Trinajstić information content (AvgIpc) is 2.84. The molecule has 0 aromatic carbocycles. The van der Waals surface area contributed by atoms with Gasteiger partial charge in [0.25, 0.3) is 0 Å². The molecule has 2 amide bonds. The zero-order chi connectivity index (χ0) is 16.1. The minimum absolute atomic E-state index is 0.225. The van der Waals surface area contributed by atoms with E-state index in [0.717, 1.165) is 10.7 Å². The molecule has 1 rings (SSSR count). The number of amides is 2. The summed E-state index contributed by atoms with van der Waals surface area (Å²) in [6, 6.07) is -0.665. The number of urea groups is 1. The highest BCUT2D eigenvalue weighted by molar-refractivity contribution is 7.99. The lowest BCUT2D eigenvalue weighted by Crippen LogP contribution is -2.49. The number of aliphatic carboxylic acids is 1. The van der Waals surface area contributed by atoms with Crippen LogP contribution in [0.3, 0.4) is 0 Å². The smallest absolute Gasteiger partial charge is 0.406 e. The third-order valence-electron chi connectivity index (χ3n) is 3.27. The van der Waals surface area contributed by atoms with E-state index in [1.54, 1.807) is 6.08 Å². The maximum atomic E-state index is 12.9. The van der Waals surface area contributed by atoms with Crippen molar-refractivity contribution < 1.29 is 27.9 Å². The number of alkyl halides is 3. The Morgan fingerprint density at radius 1 is 1.48 bits per heavy atom. The second kappa shape index (κ2) is 7.06. The summed E-state index contributed by atoms with van der Waals surface area (Å²) >= 11 is 1.52. The molecule has 1 heterocycles. The van der Waals surface area contributed by atoms with Gasteiger partial charge in [0, 0.05) is 31.1 Å². The molecule has 0 bridgehead atoms. The van der Waals surface area contributed by atoms with Crippen LogP contribution in [0.15, 0.2) is 12.7 Å². The molecule has 0 aliphatic carbocycles. The van der Waals surface area contributed by atoms with Crippen LogP contribution in [0.2, 0.25) is 0 Å². The molecular weight excluding hydrogens is 309 g/mol. The van der Waals surface area contributed by atoms with Crippen LogP contribution < -0.4 is 5.32 Å². The molecule has 1 saturated heterocycles. The van der Waals surface area contributed by atoms with Crippen molar-refractivity contribution in [2.45, 2.75) is 12.6 Å². The third kappa shape index (κ3) is 4.05. The number of hydrogen-bond donors (Lipinski definition) is 2. The number of hydrogen-bond acceptors (Lipinski definition) is 3. The third-order valence-corrected chi connectivity index (χ3v) is 4.23. The van der Waals surface area contributed by atoms with Crippen LogP contribution in [-0.4, -0.2) is 59.3 Å². The molecule has 21 heavy (non-hydrogen) atoms. The van der Waals surface area contributed by atoms with Crippen molar-refractivity contribution in [1.29, 1.82) is 0 Å². The minimum atomic E-state index is -4.88. The van der Waals surface area contributed by atoms with E-state index < -0.39 is 36.6 Å². The molecule has 1 fully saturated rings. The fourth-order valence-electron chi connectivity index (χ4n) is 2.02. The molecular formula is C12H17F3N2O3S. The van der Waals surface area contributed by atoms with Crippen molar-refractivity contribution in [3.63, 3.8) is 0 Å². The van der Waals surface area contributed by atoms with E-state index in [-0.39, 0.29) is 6.54 Å². The zero-order valence-corrected chi connectivity index (χ0v) is 12.1. The number of nitrogens with one attached hydrogen (secondary N) is 1. The van der Waals surface area contributed by atoms with E-state index in [1.807, 2.05) is 0 Å². The molecule has 5 nitrogen and oxygen atoms in total. The molecule has 0 aromatic heterocycles. The summed E-state index contributed by atoms with van der Waals surface area (Å²) in [6.45, 7) is 2.76. The summed E-state index contributed by atoms with van der Waals surface area (Å²) in [4.78, 5) is 23.6. The van der Waals surface area contributed by atoms with Gasteiger partial charge < -0.3 is 15.3 Å². The summed E-state index contributed by atoms with van der Waals surface area (Å²) in [6.07, 6.45) is -3.80. The molecule has 1 atom stereocenters. The largest absolute Gasteiger partial charge is 0.481 e. The highest BCUT2D eigenvalue weighted by Gasteiger charge is 2.64. The standard InChI is InChI=1S/C12H17F3N2O3S/c1-2-6-21-7-4-16-10(20)17-5-3-11(8-17,9(18)19)12(13,14)15/h2H,1,3-8H2,(H,16,20)(H,18,19). The number of carbonyl (C=O) groups is 2. The summed E-state index contributed by atoms with van der Waals surface area (Å²) in [7, 11) is 0. The van der Waals surface area contributed by atoms with Gasteiger partial charge in [-0.1, -0.05) is 6.08 Å². The van der Waals surface area contributed by atoms with E-state index in [9.17, 15) is 22.8 Å². The lowest BCUT2D eigenvalue weighted by molar-refractivity contribution is -0.226. The topological polar surface area (TPSA) is 69.6 Å². The lowest BCUT2D eigenvalue weighted by atomic mass is 9.86. The molecule has 1 aliphatic rings. The summed E-state index contributed by atoms with van der Waals surface area (Å²) in [5.41, 5.74) is -2.86. The summed E-state index contributed by atoms with van der Waals surface area (Å²) in [5.74, 6) is -0.614. The molecule has 120 valence electrons. The van der Waals surface area contributed by atoms with Crippen LogP contribution in [-0.2, 0) is 4.79 Å². The Labute approximate surface area is 124 Å². The number of rotatable bonds is 6. The van der Waals surface area contributed by atoms with E-state index in [0.29, 0.717) is 12.3 Å². The number of nitrogens with zero attached hydrogens (tertiary/aromatic N) is 1. The fourth-order valence-corrected chi connectivity index (χ4v) is 2.60. The van der Waals surface area contributed by atoms with Gasteiger partial charge in [-0.2, -0.15) is 24.9 Å². The molecule has 0 aromatic rings. The normalized spacial score (nSPS) is 22.1. The fraction of sp³-hybridized carbons (Fsp3) is 0.667. The first-order chi connectivity index (χ1) is 9.74.